The molecule has 0 unspecified atom stereocenters. The Bertz CT molecular complexity index is 704. The molecule has 8 heteroatoms. The lowest BCUT2D eigenvalue weighted by Gasteiger charge is -2.34. The Morgan fingerprint density at radius 2 is 1.89 bits per heavy atom. The molecule has 0 spiro atoms. The van der Waals surface area contributed by atoms with Gasteiger partial charge >= 0.3 is 0 Å². The molecule has 1 aromatic rings. The number of nitrogens with one attached hydrogen (secondary N) is 3. The van der Waals surface area contributed by atoms with Crippen molar-refractivity contribution in [1.82, 2.24) is 10.6 Å². The summed E-state index contributed by atoms with van der Waals surface area (Å²) in [7, 11) is 0. The number of carbonyl (C=O) groups excluding carboxylic acids is 3. The molecular formula is C19H27ClN4O3. The number of para-hydroxylation sites is 2. The minimum atomic E-state index is -0.222. The van der Waals surface area contributed by atoms with E-state index in [0.29, 0.717) is 17.9 Å². The summed E-state index contributed by atoms with van der Waals surface area (Å²) < 4.78 is 0. The van der Waals surface area contributed by atoms with Crippen LogP contribution in [-0.2, 0) is 14.4 Å². The molecular weight excluding hydrogens is 368 g/mol. The number of carbonyl (C=O) groups is 3. The van der Waals surface area contributed by atoms with Crippen LogP contribution >= 0.6 is 12.4 Å². The van der Waals surface area contributed by atoms with Gasteiger partial charge < -0.3 is 20.9 Å². The second-order valence-corrected chi connectivity index (χ2v) is 7.38. The van der Waals surface area contributed by atoms with E-state index in [0.717, 1.165) is 25.9 Å². The van der Waals surface area contributed by atoms with E-state index in [4.69, 9.17) is 0 Å². The van der Waals surface area contributed by atoms with Crippen LogP contribution in [0.3, 0.4) is 0 Å². The first-order valence-corrected chi connectivity index (χ1v) is 9.14. The second-order valence-electron chi connectivity index (χ2n) is 7.38. The maximum Gasteiger partial charge on any atom is 0.244 e. The Morgan fingerprint density at radius 1 is 1.19 bits per heavy atom. The first-order valence-electron chi connectivity index (χ1n) is 9.14. The highest BCUT2D eigenvalue weighted by Gasteiger charge is 2.28. The lowest BCUT2D eigenvalue weighted by Crippen LogP contribution is -2.44. The number of amides is 3. The zero-order chi connectivity index (χ0) is 18.6. The van der Waals surface area contributed by atoms with Gasteiger partial charge in [-0.05, 0) is 43.5 Å². The van der Waals surface area contributed by atoms with Crippen LogP contribution in [0.2, 0.25) is 0 Å². The third-order valence-corrected chi connectivity index (χ3v) is 5.16. The van der Waals surface area contributed by atoms with E-state index < -0.39 is 0 Å². The van der Waals surface area contributed by atoms with Crippen molar-refractivity contribution in [2.45, 2.75) is 32.6 Å². The lowest BCUT2D eigenvalue weighted by molar-refractivity contribution is -0.126. The molecule has 0 radical (unpaired) electrons. The van der Waals surface area contributed by atoms with Crippen LogP contribution in [-0.4, -0.2) is 43.9 Å². The number of halogens is 1. The fourth-order valence-electron chi connectivity index (χ4n) is 3.42. The first-order chi connectivity index (χ1) is 12.5. The maximum absolute atomic E-state index is 12.5. The third-order valence-electron chi connectivity index (χ3n) is 5.16. The number of rotatable bonds is 5. The van der Waals surface area contributed by atoms with Crippen molar-refractivity contribution in [2.24, 2.45) is 5.41 Å². The predicted octanol–water partition coefficient (Wildman–Crippen LogP) is 1.68. The summed E-state index contributed by atoms with van der Waals surface area (Å²) in [6.07, 6.45) is 2.29. The summed E-state index contributed by atoms with van der Waals surface area (Å²) in [4.78, 5) is 37.9. The van der Waals surface area contributed by atoms with Gasteiger partial charge in [0.15, 0.2) is 0 Å². The molecule has 0 aromatic heterocycles. The molecule has 0 bridgehead atoms. The average molecular weight is 395 g/mol. The van der Waals surface area contributed by atoms with E-state index in [1.165, 1.54) is 4.90 Å². The van der Waals surface area contributed by atoms with Crippen LogP contribution in [0.4, 0.5) is 11.4 Å². The van der Waals surface area contributed by atoms with Gasteiger partial charge in [-0.1, -0.05) is 19.1 Å². The van der Waals surface area contributed by atoms with E-state index in [1.807, 2.05) is 12.1 Å². The standard InChI is InChI=1S/C19H26N4O3.ClH/c1-19(8-10-20-11-9-19)13-21-16(24)6-7-18(26)23-12-17(25)22-14-4-2-3-5-15(14)23;/h2-5,20H,6-13H2,1H3,(H,21,24)(H,22,25);1H. The molecule has 7 nitrogen and oxygen atoms in total. The SMILES string of the molecule is CC1(CNC(=O)CCC(=O)N2CC(=O)Nc3ccccc32)CCNCC1.Cl. The van der Waals surface area contributed by atoms with E-state index in [2.05, 4.69) is 22.9 Å². The molecule has 3 rings (SSSR count). The van der Waals surface area contributed by atoms with Crippen LogP contribution in [0.1, 0.15) is 32.6 Å². The predicted molar refractivity (Wildman–Crippen MR) is 107 cm³/mol. The van der Waals surface area contributed by atoms with Gasteiger partial charge in [-0.15, -0.1) is 12.4 Å². The molecule has 0 aliphatic carbocycles. The summed E-state index contributed by atoms with van der Waals surface area (Å²) in [5.74, 6) is -0.552. The largest absolute Gasteiger partial charge is 0.356 e. The molecule has 3 N–H and O–H groups in total. The fraction of sp³-hybridized carbons (Fsp3) is 0.526. The van der Waals surface area contributed by atoms with Crippen molar-refractivity contribution in [1.29, 1.82) is 0 Å². The van der Waals surface area contributed by atoms with Crippen molar-refractivity contribution in [2.75, 3.05) is 36.4 Å². The van der Waals surface area contributed by atoms with Crippen LogP contribution in [0, 0.1) is 5.41 Å². The normalized spacial score (nSPS) is 18.0. The lowest BCUT2D eigenvalue weighted by atomic mass is 9.81. The minimum Gasteiger partial charge on any atom is -0.356 e. The van der Waals surface area contributed by atoms with Crippen molar-refractivity contribution < 1.29 is 14.4 Å². The van der Waals surface area contributed by atoms with Gasteiger partial charge in [-0.2, -0.15) is 0 Å². The van der Waals surface area contributed by atoms with Crippen LogP contribution < -0.4 is 20.9 Å². The average Bonchev–Trinajstić information content (AvgIpc) is 2.64. The molecule has 2 aliphatic rings. The summed E-state index contributed by atoms with van der Waals surface area (Å²) in [5, 5.41) is 9.04. The quantitative estimate of drug-likeness (QED) is 0.708. The molecule has 0 saturated carbocycles. The van der Waals surface area contributed by atoms with Crippen molar-refractivity contribution in [3.8, 4) is 0 Å². The van der Waals surface area contributed by atoms with Gasteiger partial charge in [0, 0.05) is 19.4 Å². The topological polar surface area (TPSA) is 90.5 Å². The Hall–Kier alpha value is -2.12. The van der Waals surface area contributed by atoms with Gasteiger partial charge in [0.05, 0.1) is 11.4 Å². The molecule has 27 heavy (non-hydrogen) atoms. The zero-order valence-electron chi connectivity index (χ0n) is 15.5. The Labute approximate surface area is 165 Å². The van der Waals surface area contributed by atoms with E-state index in [-0.39, 0.29) is 54.9 Å². The summed E-state index contributed by atoms with van der Waals surface area (Å²) in [6.45, 7) is 4.75. The van der Waals surface area contributed by atoms with Gasteiger partial charge in [0.25, 0.3) is 0 Å². The monoisotopic (exact) mass is 394 g/mol. The number of nitrogens with zero attached hydrogens (tertiary/aromatic N) is 1. The number of hydrogen-bond acceptors (Lipinski definition) is 4. The number of benzene rings is 1. The van der Waals surface area contributed by atoms with Crippen LogP contribution in [0.5, 0.6) is 0 Å². The van der Waals surface area contributed by atoms with Gasteiger partial charge in [0.2, 0.25) is 17.7 Å². The highest BCUT2D eigenvalue weighted by atomic mass is 35.5. The van der Waals surface area contributed by atoms with Gasteiger partial charge in [0.1, 0.15) is 6.54 Å². The molecule has 1 saturated heterocycles. The molecule has 148 valence electrons. The van der Waals surface area contributed by atoms with Crippen LogP contribution in [0.25, 0.3) is 0 Å². The van der Waals surface area contributed by atoms with Crippen molar-refractivity contribution in [3.05, 3.63) is 24.3 Å². The molecule has 1 aromatic carbocycles. The van der Waals surface area contributed by atoms with E-state index in [9.17, 15) is 14.4 Å². The zero-order valence-corrected chi connectivity index (χ0v) is 16.4. The Kier molecular flexibility index (Phi) is 7.21. The number of fused-ring (bicyclic) bond motifs is 1. The molecule has 1 fully saturated rings. The minimum absolute atomic E-state index is 0. The van der Waals surface area contributed by atoms with E-state index >= 15 is 0 Å². The molecule has 2 aliphatic heterocycles. The number of anilines is 2. The molecule has 2 heterocycles. The second kappa shape index (κ2) is 9.19. The van der Waals surface area contributed by atoms with Crippen LogP contribution in [0.15, 0.2) is 24.3 Å². The van der Waals surface area contributed by atoms with E-state index in [1.54, 1.807) is 12.1 Å². The van der Waals surface area contributed by atoms with Crippen molar-refractivity contribution in [3.63, 3.8) is 0 Å². The van der Waals surface area contributed by atoms with Gasteiger partial charge in [-0.3, -0.25) is 14.4 Å². The van der Waals surface area contributed by atoms with Gasteiger partial charge in [-0.25, -0.2) is 0 Å². The summed E-state index contributed by atoms with van der Waals surface area (Å²) in [6, 6.07) is 7.19. The Morgan fingerprint density at radius 3 is 2.63 bits per heavy atom. The first kappa shape index (κ1) is 21.2. The van der Waals surface area contributed by atoms with Crippen molar-refractivity contribution >= 4 is 41.5 Å². The highest BCUT2D eigenvalue weighted by molar-refractivity contribution is 6.10. The number of piperidine rings is 1. The fourth-order valence-corrected chi connectivity index (χ4v) is 3.42. The highest BCUT2D eigenvalue weighted by Crippen LogP contribution is 2.29. The summed E-state index contributed by atoms with van der Waals surface area (Å²) in [5.41, 5.74) is 1.43. The molecule has 3 amide bonds. The maximum atomic E-state index is 12.5. The Balaban J connectivity index is 0.00000261. The third kappa shape index (κ3) is 5.43. The molecule has 0 atom stereocenters. The smallest absolute Gasteiger partial charge is 0.244 e. The summed E-state index contributed by atoms with van der Waals surface area (Å²) >= 11 is 0. The number of hydrogen-bond donors (Lipinski definition) is 3.